The normalized spacial score (nSPS) is 11.9. The molecule has 0 radical (unpaired) electrons. The molecule has 0 aliphatic carbocycles. The minimum Gasteiger partial charge on any atom is -0.349 e. The highest BCUT2D eigenvalue weighted by molar-refractivity contribution is 7.99. The van der Waals surface area contributed by atoms with Gasteiger partial charge in [0.15, 0.2) is 0 Å². The van der Waals surface area contributed by atoms with Crippen LogP contribution in [0.2, 0.25) is 0 Å². The monoisotopic (exact) mass is 313 g/mol. The summed E-state index contributed by atoms with van der Waals surface area (Å²) in [6, 6.07) is 18.3. The largest absolute Gasteiger partial charge is 0.349 e. The third-order valence-electron chi connectivity index (χ3n) is 3.62. The summed E-state index contributed by atoms with van der Waals surface area (Å²) in [6.45, 7) is 4.14. The molecule has 0 aromatic heterocycles. The Kier molecular flexibility index (Phi) is 6.53. The van der Waals surface area contributed by atoms with Crippen molar-refractivity contribution >= 4 is 17.7 Å². The quantitative estimate of drug-likeness (QED) is 0.752. The van der Waals surface area contributed by atoms with Crippen LogP contribution in [0.25, 0.3) is 0 Å². The van der Waals surface area contributed by atoms with Crippen molar-refractivity contribution in [2.45, 2.75) is 37.6 Å². The first-order valence-electron chi connectivity index (χ1n) is 7.74. The van der Waals surface area contributed by atoms with Crippen LogP contribution >= 0.6 is 11.8 Å². The molecule has 0 spiro atoms. The van der Waals surface area contributed by atoms with E-state index in [2.05, 4.69) is 36.5 Å². The van der Waals surface area contributed by atoms with Gasteiger partial charge in [0.2, 0.25) is 0 Å². The molecular weight excluding hydrogens is 290 g/mol. The van der Waals surface area contributed by atoms with Crippen LogP contribution in [0.4, 0.5) is 0 Å². The standard InChI is InChI=1S/C19H23NOS/c1-3-17(13-14-22-18-7-5-4-6-8-18)20-19(21)16-11-9-15(2)10-12-16/h4-12,17H,3,13-14H2,1-2H3,(H,20,21)/t17-/m1/s1. The number of rotatable bonds is 7. The number of hydrogen-bond acceptors (Lipinski definition) is 2. The summed E-state index contributed by atoms with van der Waals surface area (Å²) in [5, 5.41) is 3.14. The van der Waals surface area contributed by atoms with Crippen LogP contribution in [0.5, 0.6) is 0 Å². The number of amides is 1. The van der Waals surface area contributed by atoms with E-state index in [4.69, 9.17) is 0 Å². The zero-order chi connectivity index (χ0) is 15.8. The van der Waals surface area contributed by atoms with E-state index in [-0.39, 0.29) is 11.9 Å². The van der Waals surface area contributed by atoms with Crippen LogP contribution in [0, 0.1) is 6.92 Å². The van der Waals surface area contributed by atoms with Gasteiger partial charge in [-0.1, -0.05) is 42.8 Å². The predicted octanol–water partition coefficient (Wildman–Crippen LogP) is 4.69. The highest BCUT2D eigenvalue weighted by Crippen LogP contribution is 2.19. The zero-order valence-electron chi connectivity index (χ0n) is 13.2. The van der Waals surface area contributed by atoms with Crippen molar-refractivity contribution in [3.05, 3.63) is 65.7 Å². The summed E-state index contributed by atoms with van der Waals surface area (Å²) in [5.74, 6) is 1.04. The van der Waals surface area contributed by atoms with Crippen molar-refractivity contribution in [2.75, 3.05) is 5.75 Å². The van der Waals surface area contributed by atoms with Gasteiger partial charge in [-0.15, -0.1) is 11.8 Å². The molecule has 2 aromatic rings. The Morgan fingerprint density at radius 2 is 1.77 bits per heavy atom. The van der Waals surface area contributed by atoms with E-state index in [0.29, 0.717) is 0 Å². The minimum atomic E-state index is 0.0246. The molecule has 1 atom stereocenters. The molecule has 3 heteroatoms. The Morgan fingerprint density at radius 1 is 1.09 bits per heavy atom. The summed E-state index contributed by atoms with van der Waals surface area (Å²) in [7, 11) is 0. The Labute approximate surface area is 137 Å². The van der Waals surface area contributed by atoms with Gasteiger partial charge in [0, 0.05) is 16.5 Å². The van der Waals surface area contributed by atoms with Gasteiger partial charge >= 0.3 is 0 Å². The molecule has 1 N–H and O–H groups in total. The molecule has 0 fully saturated rings. The molecule has 0 aliphatic rings. The summed E-state index contributed by atoms with van der Waals surface area (Å²) in [6.07, 6.45) is 1.93. The average Bonchev–Trinajstić information content (AvgIpc) is 2.55. The van der Waals surface area contributed by atoms with Gasteiger partial charge in [-0.3, -0.25) is 4.79 Å². The minimum absolute atomic E-state index is 0.0246. The number of aryl methyl sites for hydroxylation is 1. The van der Waals surface area contributed by atoms with Gasteiger partial charge < -0.3 is 5.32 Å². The maximum atomic E-state index is 12.2. The average molecular weight is 313 g/mol. The molecule has 116 valence electrons. The molecule has 0 saturated heterocycles. The van der Waals surface area contributed by atoms with Crippen LogP contribution in [-0.4, -0.2) is 17.7 Å². The van der Waals surface area contributed by atoms with Crippen LogP contribution in [0.15, 0.2) is 59.5 Å². The lowest BCUT2D eigenvalue weighted by atomic mass is 10.1. The van der Waals surface area contributed by atoms with Crippen LogP contribution in [-0.2, 0) is 0 Å². The summed E-state index contributed by atoms with van der Waals surface area (Å²) >= 11 is 1.84. The van der Waals surface area contributed by atoms with E-state index >= 15 is 0 Å². The van der Waals surface area contributed by atoms with Gasteiger partial charge in [0.05, 0.1) is 0 Å². The first-order chi connectivity index (χ1) is 10.7. The summed E-state index contributed by atoms with van der Waals surface area (Å²) < 4.78 is 0. The molecule has 0 bridgehead atoms. The van der Waals surface area contributed by atoms with E-state index in [9.17, 15) is 4.79 Å². The molecule has 2 aromatic carbocycles. The Morgan fingerprint density at radius 3 is 2.41 bits per heavy atom. The topological polar surface area (TPSA) is 29.1 Å². The van der Waals surface area contributed by atoms with Crippen molar-refractivity contribution in [1.29, 1.82) is 0 Å². The highest BCUT2D eigenvalue weighted by atomic mass is 32.2. The van der Waals surface area contributed by atoms with Gasteiger partial charge in [-0.25, -0.2) is 0 Å². The Hall–Kier alpha value is -1.74. The molecule has 0 heterocycles. The highest BCUT2D eigenvalue weighted by Gasteiger charge is 2.12. The Bertz CT molecular complexity index is 580. The number of carbonyl (C=O) groups excluding carboxylic acids is 1. The third kappa shape index (κ3) is 5.23. The Balaban J connectivity index is 1.81. The van der Waals surface area contributed by atoms with E-state index in [1.807, 2.05) is 49.0 Å². The fourth-order valence-corrected chi connectivity index (χ4v) is 3.18. The second-order valence-corrected chi connectivity index (χ2v) is 6.56. The fraction of sp³-hybridized carbons (Fsp3) is 0.316. The molecule has 2 rings (SSSR count). The van der Waals surface area contributed by atoms with E-state index in [0.717, 1.165) is 24.2 Å². The van der Waals surface area contributed by atoms with E-state index < -0.39 is 0 Å². The van der Waals surface area contributed by atoms with Crippen molar-refractivity contribution in [3.63, 3.8) is 0 Å². The molecular formula is C19H23NOS. The number of thioether (sulfide) groups is 1. The van der Waals surface area contributed by atoms with Crippen molar-refractivity contribution in [1.82, 2.24) is 5.32 Å². The lowest BCUT2D eigenvalue weighted by Gasteiger charge is -2.17. The first-order valence-corrected chi connectivity index (χ1v) is 8.73. The lowest BCUT2D eigenvalue weighted by Crippen LogP contribution is -2.34. The molecule has 0 unspecified atom stereocenters. The van der Waals surface area contributed by atoms with Gasteiger partial charge in [-0.2, -0.15) is 0 Å². The van der Waals surface area contributed by atoms with E-state index in [1.165, 1.54) is 10.5 Å². The molecule has 22 heavy (non-hydrogen) atoms. The van der Waals surface area contributed by atoms with Crippen LogP contribution in [0.3, 0.4) is 0 Å². The van der Waals surface area contributed by atoms with Crippen molar-refractivity contribution in [2.24, 2.45) is 0 Å². The van der Waals surface area contributed by atoms with Gasteiger partial charge in [0.25, 0.3) is 5.91 Å². The zero-order valence-corrected chi connectivity index (χ0v) is 14.0. The second kappa shape index (κ2) is 8.64. The molecule has 0 aliphatic heterocycles. The van der Waals surface area contributed by atoms with Crippen LogP contribution in [0.1, 0.15) is 35.7 Å². The molecule has 0 saturated carbocycles. The smallest absolute Gasteiger partial charge is 0.251 e. The number of nitrogens with one attached hydrogen (secondary N) is 1. The second-order valence-electron chi connectivity index (χ2n) is 5.39. The van der Waals surface area contributed by atoms with Gasteiger partial charge in [0.1, 0.15) is 0 Å². The summed E-state index contributed by atoms with van der Waals surface area (Å²) in [5.41, 5.74) is 1.91. The molecule has 1 amide bonds. The van der Waals surface area contributed by atoms with Gasteiger partial charge in [-0.05, 0) is 49.8 Å². The number of hydrogen-bond donors (Lipinski definition) is 1. The van der Waals surface area contributed by atoms with Crippen molar-refractivity contribution < 1.29 is 4.79 Å². The maximum absolute atomic E-state index is 12.2. The third-order valence-corrected chi connectivity index (χ3v) is 4.67. The number of carbonyl (C=O) groups is 1. The lowest BCUT2D eigenvalue weighted by molar-refractivity contribution is 0.0935. The van der Waals surface area contributed by atoms with E-state index in [1.54, 1.807) is 0 Å². The number of benzene rings is 2. The SMILES string of the molecule is CC[C@H](CCSc1ccccc1)NC(=O)c1ccc(C)cc1. The maximum Gasteiger partial charge on any atom is 0.251 e. The molecule has 2 nitrogen and oxygen atoms in total. The van der Waals surface area contributed by atoms with Crippen molar-refractivity contribution in [3.8, 4) is 0 Å². The fourth-order valence-electron chi connectivity index (χ4n) is 2.19. The summed E-state index contributed by atoms with van der Waals surface area (Å²) in [4.78, 5) is 13.5. The first kappa shape index (κ1) is 16.6. The van der Waals surface area contributed by atoms with Crippen LogP contribution < -0.4 is 5.32 Å². The predicted molar refractivity (Wildman–Crippen MR) is 94.5 cm³/mol.